The Morgan fingerprint density at radius 3 is 2.91 bits per heavy atom. The average molecular weight is 151 g/mol. The number of terminal acetylenes is 1. The first-order valence-electron chi connectivity index (χ1n) is 4.52. The van der Waals surface area contributed by atoms with Gasteiger partial charge in [-0.2, -0.15) is 0 Å². The summed E-state index contributed by atoms with van der Waals surface area (Å²) in [5.74, 6) is 3.71. The summed E-state index contributed by atoms with van der Waals surface area (Å²) in [6.45, 7) is 3.11. The first-order valence-corrected chi connectivity index (χ1v) is 4.52. The van der Waals surface area contributed by atoms with E-state index >= 15 is 0 Å². The fraction of sp³-hybridized carbons (Fsp3) is 0.800. The maximum Gasteiger partial charge on any atom is 0.0658 e. The van der Waals surface area contributed by atoms with Gasteiger partial charge in [0.25, 0.3) is 0 Å². The van der Waals surface area contributed by atoms with Crippen LogP contribution in [0.3, 0.4) is 0 Å². The molecule has 0 aromatic rings. The first kappa shape index (κ1) is 8.62. The van der Waals surface area contributed by atoms with Crippen molar-refractivity contribution >= 4 is 0 Å². The van der Waals surface area contributed by atoms with Crippen LogP contribution in [0.4, 0.5) is 0 Å². The molecule has 0 aromatic heterocycles. The Balaban J connectivity index is 1.83. The fourth-order valence-corrected chi connectivity index (χ4v) is 1.17. The summed E-state index contributed by atoms with van der Waals surface area (Å²) >= 11 is 0. The third kappa shape index (κ3) is 4.06. The van der Waals surface area contributed by atoms with E-state index in [0.29, 0.717) is 0 Å². The summed E-state index contributed by atoms with van der Waals surface area (Å²) < 4.78 is 0. The lowest BCUT2D eigenvalue weighted by atomic mass is 10.2. The van der Waals surface area contributed by atoms with E-state index in [2.05, 4.69) is 11.2 Å². The normalized spacial score (nSPS) is 19.3. The van der Waals surface area contributed by atoms with E-state index in [1.807, 2.05) is 6.92 Å². The standard InChI is InChI=1S/C10H17N/c1-3-9(2)11-8-4-5-10-6-7-10/h1,9-11H,4-8H2,2H3. The van der Waals surface area contributed by atoms with Crippen molar-refractivity contribution in [2.45, 2.75) is 38.6 Å². The molecule has 0 spiro atoms. The van der Waals surface area contributed by atoms with Gasteiger partial charge in [0.15, 0.2) is 0 Å². The second-order valence-corrected chi connectivity index (χ2v) is 3.43. The number of hydrogen-bond donors (Lipinski definition) is 1. The lowest BCUT2D eigenvalue weighted by Gasteiger charge is -2.05. The van der Waals surface area contributed by atoms with Crippen LogP contribution in [0, 0.1) is 18.3 Å². The molecular formula is C10H17N. The molecule has 1 unspecified atom stereocenters. The first-order chi connectivity index (χ1) is 5.33. The van der Waals surface area contributed by atoms with Gasteiger partial charge in [-0.3, -0.25) is 0 Å². The molecule has 1 aliphatic rings. The minimum atomic E-state index is 0.245. The minimum absolute atomic E-state index is 0.245. The molecular weight excluding hydrogens is 134 g/mol. The van der Waals surface area contributed by atoms with Crippen LogP contribution < -0.4 is 5.32 Å². The van der Waals surface area contributed by atoms with Gasteiger partial charge in [0.2, 0.25) is 0 Å². The Labute approximate surface area is 69.6 Å². The third-order valence-electron chi connectivity index (χ3n) is 2.19. The molecule has 1 fully saturated rings. The molecule has 1 saturated carbocycles. The zero-order valence-corrected chi connectivity index (χ0v) is 7.27. The molecule has 11 heavy (non-hydrogen) atoms. The molecule has 1 atom stereocenters. The summed E-state index contributed by atoms with van der Waals surface area (Å²) in [5.41, 5.74) is 0. The molecule has 62 valence electrons. The van der Waals surface area contributed by atoms with Crippen LogP contribution in [0.15, 0.2) is 0 Å². The Bertz CT molecular complexity index is 141. The van der Waals surface area contributed by atoms with E-state index < -0.39 is 0 Å². The topological polar surface area (TPSA) is 12.0 Å². The largest absolute Gasteiger partial charge is 0.304 e. The summed E-state index contributed by atoms with van der Waals surface area (Å²) in [4.78, 5) is 0. The van der Waals surface area contributed by atoms with Crippen LogP contribution in [0.2, 0.25) is 0 Å². The van der Waals surface area contributed by atoms with Crippen molar-refractivity contribution in [1.82, 2.24) is 5.32 Å². The second kappa shape index (κ2) is 4.41. The van der Waals surface area contributed by atoms with Gasteiger partial charge in [0.1, 0.15) is 0 Å². The van der Waals surface area contributed by atoms with Gasteiger partial charge < -0.3 is 5.32 Å². The van der Waals surface area contributed by atoms with Crippen LogP contribution >= 0.6 is 0 Å². The highest BCUT2D eigenvalue weighted by atomic mass is 14.9. The lowest BCUT2D eigenvalue weighted by molar-refractivity contribution is 0.575. The molecule has 0 radical (unpaired) electrons. The number of nitrogens with one attached hydrogen (secondary N) is 1. The van der Waals surface area contributed by atoms with Crippen molar-refractivity contribution in [3.63, 3.8) is 0 Å². The Hall–Kier alpha value is -0.480. The van der Waals surface area contributed by atoms with Gasteiger partial charge in [-0.1, -0.05) is 18.8 Å². The molecule has 0 saturated heterocycles. The van der Waals surface area contributed by atoms with Crippen LogP contribution in [-0.2, 0) is 0 Å². The molecule has 1 aliphatic carbocycles. The van der Waals surface area contributed by atoms with Gasteiger partial charge in [-0.05, 0) is 32.2 Å². The van der Waals surface area contributed by atoms with Gasteiger partial charge in [0, 0.05) is 0 Å². The van der Waals surface area contributed by atoms with Crippen LogP contribution in [0.1, 0.15) is 32.6 Å². The predicted molar refractivity (Wildman–Crippen MR) is 48.3 cm³/mol. The monoisotopic (exact) mass is 151 g/mol. The zero-order chi connectivity index (χ0) is 8.10. The van der Waals surface area contributed by atoms with E-state index in [1.54, 1.807) is 0 Å². The Morgan fingerprint density at radius 2 is 2.36 bits per heavy atom. The molecule has 1 heteroatoms. The molecule has 0 aromatic carbocycles. The maximum absolute atomic E-state index is 5.21. The maximum atomic E-state index is 5.21. The summed E-state index contributed by atoms with van der Waals surface area (Å²) in [6.07, 6.45) is 10.8. The quantitative estimate of drug-likeness (QED) is 0.466. The Kier molecular flexibility index (Phi) is 3.45. The van der Waals surface area contributed by atoms with Crippen molar-refractivity contribution in [2.75, 3.05) is 6.54 Å². The molecule has 0 bridgehead atoms. The molecule has 1 N–H and O–H groups in total. The molecule has 1 rings (SSSR count). The average Bonchev–Trinajstić information content (AvgIpc) is 2.81. The summed E-state index contributed by atoms with van der Waals surface area (Å²) in [5, 5.41) is 3.28. The molecule has 0 amide bonds. The minimum Gasteiger partial charge on any atom is -0.304 e. The number of hydrogen-bond acceptors (Lipinski definition) is 1. The van der Waals surface area contributed by atoms with Crippen molar-refractivity contribution in [2.24, 2.45) is 5.92 Å². The predicted octanol–water partition coefficient (Wildman–Crippen LogP) is 1.79. The molecule has 1 nitrogen and oxygen atoms in total. The molecule has 0 heterocycles. The molecule has 0 aliphatic heterocycles. The zero-order valence-electron chi connectivity index (χ0n) is 7.27. The summed E-state index contributed by atoms with van der Waals surface area (Å²) in [6, 6.07) is 0.245. The lowest BCUT2D eigenvalue weighted by Crippen LogP contribution is -2.25. The fourth-order valence-electron chi connectivity index (χ4n) is 1.17. The highest BCUT2D eigenvalue weighted by Crippen LogP contribution is 2.33. The van der Waals surface area contributed by atoms with E-state index in [4.69, 9.17) is 6.42 Å². The van der Waals surface area contributed by atoms with Crippen molar-refractivity contribution < 1.29 is 0 Å². The Morgan fingerprint density at radius 1 is 1.64 bits per heavy atom. The van der Waals surface area contributed by atoms with E-state index in [-0.39, 0.29) is 6.04 Å². The van der Waals surface area contributed by atoms with Crippen LogP contribution in [0.25, 0.3) is 0 Å². The van der Waals surface area contributed by atoms with Crippen molar-refractivity contribution in [3.05, 3.63) is 0 Å². The SMILES string of the molecule is C#CC(C)NCCCC1CC1. The van der Waals surface area contributed by atoms with Crippen LogP contribution in [0.5, 0.6) is 0 Å². The van der Waals surface area contributed by atoms with Gasteiger partial charge >= 0.3 is 0 Å². The van der Waals surface area contributed by atoms with E-state index in [9.17, 15) is 0 Å². The highest BCUT2D eigenvalue weighted by Gasteiger charge is 2.19. The summed E-state index contributed by atoms with van der Waals surface area (Å²) in [7, 11) is 0. The van der Waals surface area contributed by atoms with Crippen molar-refractivity contribution in [1.29, 1.82) is 0 Å². The number of rotatable bonds is 5. The van der Waals surface area contributed by atoms with E-state index in [1.165, 1.54) is 25.7 Å². The van der Waals surface area contributed by atoms with Crippen LogP contribution in [-0.4, -0.2) is 12.6 Å². The van der Waals surface area contributed by atoms with Gasteiger partial charge in [0.05, 0.1) is 6.04 Å². The second-order valence-electron chi connectivity index (χ2n) is 3.43. The van der Waals surface area contributed by atoms with Crippen molar-refractivity contribution in [3.8, 4) is 12.3 Å². The van der Waals surface area contributed by atoms with E-state index in [0.717, 1.165) is 12.5 Å². The van der Waals surface area contributed by atoms with Gasteiger partial charge in [-0.25, -0.2) is 0 Å². The highest BCUT2D eigenvalue weighted by molar-refractivity contribution is 4.95. The smallest absolute Gasteiger partial charge is 0.0658 e. The van der Waals surface area contributed by atoms with Gasteiger partial charge in [-0.15, -0.1) is 6.42 Å². The third-order valence-corrected chi connectivity index (χ3v) is 2.19.